The molecule has 70 valence electrons. The number of carbonyl (C=O) groups is 1. The second-order valence-electron chi connectivity index (χ2n) is 2.67. The van der Waals surface area contributed by atoms with Crippen LogP contribution in [-0.4, -0.2) is 12.3 Å². The Bertz CT molecular complexity index is 327. The predicted octanol–water partition coefficient (Wildman–Crippen LogP) is 1.55. The fraction of sp³-hybridized carbons (Fsp3) is 0.222. The van der Waals surface area contributed by atoms with Crippen molar-refractivity contribution in [2.24, 2.45) is 5.73 Å². The Morgan fingerprint density at radius 3 is 2.77 bits per heavy atom. The van der Waals surface area contributed by atoms with E-state index in [2.05, 4.69) is 0 Å². The lowest BCUT2D eigenvalue weighted by Gasteiger charge is -2.00. The van der Waals surface area contributed by atoms with Crippen molar-refractivity contribution in [1.82, 2.24) is 0 Å². The third kappa shape index (κ3) is 2.79. The van der Waals surface area contributed by atoms with Crippen LogP contribution in [0.4, 0.5) is 4.39 Å². The molecule has 13 heavy (non-hydrogen) atoms. The monoisotopic (exact) mass is 201 g/mol. The molecule has 0 bridgehead atoms. The van der Waals surface area contributed by atoms with Gasteiger partial charge in [0.1, 0.15) is 5.82 Å². The van der Waals surface area contributed by atoms with Crippen LogP contribution in [0, 0.1) is 5.82 Å². The van der Waals surface area contributed by atoms with E-state index in [1.807, 2.05) is 0 Å². The number of benzene rings is 1. The SMILES string of the molecule is NCC(=O)Cc1ccc(F)c(Cl)c1. The molecule has 2 nitrogen and oxygen atoms in total. The Hall–Kier alpha value is -0.930. The van der Waals surface area contributed by atoms with E-state index in [4.69, 9.17) is 17.3 Å². The number of nitrogens with two attached hydrogens (primary N) is 1. The zero-order valence-corrected chi connectivity index (χ0v) is 7.64. The molecule has 0 amide bonds. The van der Waals surface area contributed by atoms with Crippen molar-refractivity contribution in [3.05, 3.63) is 34.6 Å². The number of hydrogen-bond acceptors (Lipinski definition) is 2. The van der Waals surface area contributed by atoms with Crippen LogP contribution in [-0.2, 0) is 11.2 Å². The van der Waals surface area contributed by atoms with Gasteiger partial charge in [0.15, 0.2) is 5.78 Å². The highest BCUT2D eigenvalue weighted by atomic mass is 35.5. The standard InChI is InChI=1S/C9H9ClFNO/c10-8-4-6(1-2-9(8)11)3-7(13)5-12/h1-2,4H,3,5,12H2. The molecule has 0 spiro atoms. The summed E-state index contributed by atoms with van der Waals surface area (Å²) in [7, 11) is 0. The fourth-order valence-electron chi connectivity index (χ4n) is 0.949. The van der Waals surface area contributed by atoms with Gasteiger partial charge in [-0.3, -0.25) is 4.79 Å². The average Bonchev–Trinajstić information content (AvgIpc) is 2.11. The Labute approximate surface area is 80.5 Å². The minimum absolute atomic E-state index is 0.00496. The van der Waals surface area contributed by atoms with Crippen LogP contribution in [0.15, 0.2) is 18.2 Å². The van der Waals surface area contributed by atoms with Crippen LogP contribution in [0.1, 0.15) is 5.56 Å². The maximum Gasteiger partial charge on any atom is 0.150 e. The molecule has 1 aromatic rings. The van der Waals surface area contributed by atoms with Crippen molar-refractivity contribution in [1.29, 1.82) is 0 Å². The molecule has 0 heterocycles. The van der Waals surface area contributed by atoms with Gasteiger partial charge in [0.05, 0.1) is 11.6 Å². The van der Waals surface area contributed by atoms with Gasteiger partial charge in [0.2, 0.25) is 0 Å². The third-order valence-electron chi connectivity index (χ3n) is 1.61. The van der Waals surface area contributed by atoms with Crippen molar-refractivity contribution in [3.8, 4) is 0 Å². The molecule has 2 N–H and O–H groups in total. The maximum absolute atomic E-state index is 12.7. The van der Waals surface area contributed by atoms with E-state index >= 15 is 0 Å². The first-order chi connectivity index (χ1) is 6.13. The number of halogens is 2. The summed E-state index contributed by atoms with van der Waals surface area (Å²) in [5.41, 5.74) is 5.81. The van der Waals surface area contributed by atoms with Crippen LogP contribution in [0.3, 0.4) is 0 Å². The Morgan fingerprint density at radius 2 is 2.23 bits per heavy atom. The van der Waals surface area contributed by atoms with E-state index in [0.717, 1.165) is 0 Å². The fourth-order valence-corrected chi connectivity index (χ4v) is 1.15. The second-order valence-corrected chi connectivity index (χ2v) is 3.08. The summed E-state index contributed by atoms with van der Waals surface area (Å²) in [5.74, 6) is -0.576. The van der Waals surface area contributed by atoms with Crippen LogP contribution in [0.25, 0.3) is 0 Å². The topological polar surface area (TPSA) is 43.1 Å². The van der Waals surface area contributed by atoms with Gasteiger partial charge < -0.3 is 5.73 Å². The summed E-state index contributed by atoms with van der Waals surface area (Å²) < 4.78 is 12.7. The number of Topliss-reactive ketones (excluding diaryl/α,β-unsaturated/α-hetero) is 1. The van der Waals surface area contributed by atoms with Gasteiger partial charge in [-0.2, -0.15) is 0 Å². The number of rotatable bonds is 3. The third-order valence-corrected chi connectivity index (χ3v) is 1.90. The number of carbonyl (C=O) groups excluding carboxylic acids is 1. The highest BCUT2D eigenvalue weighted by molar-refractivity contribution is 6.30. The minimum atomic E-state index is -0.481. The second kappa shape index (κ2) is 4.35. The summed E-state index contributed by atoms with van der Waals surface area (Å²) in [6.07, 6.45) is 0.205. The smallest absolute Gasteiger partial charge is 0.150 e. The van der Waals surface area contributed by atoms with E-state index in [0.29, 0.717) is 5.56 Å². The Balaban J connectivity index is 2.79. The minimum Gasteiger partial charge on any atom is -0.324 e. The molecule has 0 saturated heterocycles. The summed E-state index contributed by atoms with van der Waals surface area (Å²) >= 11 is 5.52. The molecule has 0 unspecified atom stereocenters. The van der Waals surface area contributed by atoms with Crippen molar-refractivity contribution < 1.29 is 9.18 Å². The van der Waals surface area contributed by atoms with Crippen molar-refractivity contribution in [2.45, 2.75) is 6.42 Å². The highest BCUT2D eigenvalue weighted by Gasteiger charge is 2.04. The molecule has 1 aromatic carbocycles. The lowest BCUT2D eigenvalue weighted by Crippen LogP contribution is -2.15. The molecule has 0 aliphatic rings. The van der Waals surface area contributed by atoms with E-state index in [1.165, 1.54) is 18.2 Å². The molecule has 0 fully saturated rings. The molecule has 0 saturated carbocycles. The average molecular weight is 202 g/mol. The molecule has 0 aliphatic heterocycles. The lowest BCUT2D eigenvalue weighted by molar-refractivity contribution is -0.117. The molecule has 0 aliphatic carbocycles. The van der Waals surface area contributed by atoms with Gasteiger partial charge in [-0.05, 0) is 17.7 Å². The first-order valence-electron chi connectivity index (χ1n) is 3.79. The van der Waals surface area contributed by atoms with Crippen LogP contribution < -0.4 is 5.73 Å². The molecule has 4 heteroatoms. The Morgan fingerprint density at radius 1 is 1.54 bits per heavy atom. The van der Waals surface area contributed by atoms with Gasteiger partial charge in [0.25, 0.3) is 0 Å². The van der Waals surface area contributed by atoms with Crippen LogP contribution in [0.2, 0.25) is 5.02 Å². The maximum atomic E-state index is 12.7. The van der Waals surface area contributed by atoms with E-state index < -0.39 is 5.82 Å². The summed E-state index contributed by atoms with van der Waals surface area (Å²) in [4.78, 5) is 10.9. The highest BCUT2D eigenvalue weighted by Crippen LogP contribution is 2.16. The molecular formula is C9H9ClFNO. The normalized spacial score (nSPS) is 10.1. The lowest BCUT2D eigenvalue weighted by atomic mass is 10.1. The number of ketones is 1. The van der Waals surface area contributed by atoms with Crippen LogP contribution in [0.5, 0.6) is 0 Å². The molecule has 0 aromatic heterocycles. The Kier molecular flexibility index (Phi) is 3.39. The van der Waals surface area contributed by atoms with Gasteiger partial charge >= 0.3 is 0 Å². The van der Waals surface area contributed by atoms with Crippen molar-refractivity contribution >= 4 is 17.4 Å². The van der Waals surface area contributed by atoms with Gasteiger partial charge in [-0.25, -0.2) is 4.39 Å². The van der Waals surface area contributed by atoms with Crippen LogP contribution >= 0.6 is 11.6 Å². The van der Waals surface area contributed by atoms with Crippen molar-refractivity contribution in [2.75, 3.05) is 6.54 Å². The summed E-state index contributed by atoms with van der Waals surface area (Å²) in [5, 5.41) is 0.0299. The quantitative estimate of drug-likeness (QED) is 0.807. The molecule has 0 radical (unpaired) electrons. The first kappa shape index (κ1) is 10.2. The van der Waals surface area contributed by atoms with Gasteiger partial charge in [0, 0.05) is 6.42 Å². The van der Waals surface area contributed by atoms with Gasteiger partial charge in [-0.15, -0.1) is 0 Å². The summed E-state index contributed by atoms with van der Waals surface area (Å²) in [6.45, 7) is -0.00496. The molecular weight excluding hydrogens is 193 g/mol. The molecule has 0 atom stereocenters. The van der Waals surface area contributed by atoms with Crippen molar-refractivity contribution in [3.63, 3.8) is 0 Å². The zero-order valence-electron chi connectivity index (χ0n) is 6.89. The molecule has 1 rings (SSSR count). The van der Waals surface area contributed by atoms with E-state index in [9.17, 15) is 9.18 Å². The van der Waals surface area contributed by atoms with E-state index in [-0.39, 0.29) is 23.8 Å². The number of hydrogen-bond donors (Lipinski definition) is 1. The largest absolute Gasteiger partial charge is 0.324 e. The summed E-state index contributed by atoms with van der Waals surface area (Å²) in [6, 6.07) is 4.20. The predicted molar refractivity (Wildman–Crippen MR) is 49.2 cm³/mol. The first-order valence-corrected chi connectivity index (χ1v) is 4.17. The zero-order chi connectivity index (χ0) is 9.84. The van der Waals surface area contributed by atoms with Gasteiger partial charge in [-0.1, -0.05) is 17.7 Å². The van der Waals surface area contributed by atoms with E-state index in [1.54, 1.807) is 0 Å².